The van der Waals surface area contributed by atoms with E-state index in [0.29, 0.717) is 21.9 Å². The van der Waals surface area contributed by atoms with E-state index in [-0.39, 0.29) is 30.6 Å². The predicted molar refractivity (Wildman–Crippen MR) is 135 cm³/mol. The molecule has 0 unspecified atom stereocenters. The van der Waals surface area contributed by atoms with Crippen LogP contribution in [0.2, 0.25) is 5.02 Å². The monoisotopic (exact) mass is 562 g/mol. The van der Waals surface area contributed by atoms with Crippen molar-refractivity contribution in [3.63, 3.8) is 0 Å². The van der Waals surface area contributed by atoms with Gasteiger partial charge in [-0.2, -0.15) is 0 Å². The molecule has 0 bridgehead atoms. The molecule has 1 aliphatic rings. The molecule has 0 aliphatic carbocycles. The third kappa shape index (κ3) is 5.65. The normalized spacial score (nSPS) is 17.3. The molecule has 0 radical (unpaired) electrons. The lowest BCUT2D eigenvalue weighted by atomic mass is 10.0. The SMILES string of the molecule is COc1cc(Br)cc(CC(=O)N2C[C@H](F)C[C@H]2C(=O)Nc2cccc(-c3ccccc3Cl)c2F)c1. The number of hydrogen-bond donors (Lipinski definition) is 1. The van der Waals surface area contributed by atoms with Gasteiger partial charge < -0.3 is 15.0 Å². The average molecular weight is 564 g/mol. The lowest BCUT2D eigenvalue weighted by Crippen LogP contribution is -2.44. The van der Waals surface area contributed by atoms with Gasteiger partial charge in [-0.05, 0) is 35.9 Å². The zero-order valence-electron chi connectivity index (χ0n) is 18.7. The van der Waals surface area contributed by atoms with Crippen LogP contribution in [0.3, 0.4) is 0 Å². The van der Waals surface area contributed by atoms with E-state index >= 15 is 4.39 Å². The molecule has 1 heterocycles. The van der Waals surface area contributed by atoms with Crippen LogP contribution >= 0.6 is 27.5 Å². The van der Waals surface area contributed by atoms with Gasteiger partial charge in [0.15, 0.2) is 5.82 Å². The van der Waals surface area contributed by atoms with E-state index in [1.54, 1.807) is 54.6 Å². The molecule has 9 heteroatoms. The van der Waals surface area contributed by atoms with Crippen molar-refractivity contribution in [1.29, 1.82) is 0 Å². The summed E-state index contributed by atoms with van der Waals surface area (Å²) in [5.74, 6) is -1.16. The molecule has 3 aromatic carbocycles. The number of likely N-dealkylation sites (tertiary alicyclic amines) is 1. The summed E-state index contributed by atoms with van der Waals surface area (Å²) in [6.45, 7) is -0.204. The number of carbonyl (C=O) groups excluding carboxylic acids is 2. The molecule has 0 saturated carbocycles. The number of benzene rings is 3. The van der Waals surface area contributed by atoms with Crippen molar-refractivity contribution in [2.45, 2.75) is 25.1 Å². The van der Waals surface area contributed by atoms with Crippen molar-refractivity contribution in [3.05, 3.63) is 81.5 Å². The lowest BCUT2D eigenvalue weighted by Gasteiger charge is -2.24. The van der Waals surface area contributed by atoms with E-state index in [9.17, 15) is 14.0 Å². The van der Waals surface area contributed by atoms with E-state index in [0.717, 1.165) is 4.47 Å². The number of carbonyl (C=O) groups is 2. The summed E-state index contributed by atoms with van der Waals surface area (Å²) in [6.07, 6.45) is -1.56. The van der Waals surface area contributed by atoms with Crippen LogP contribution in [0.4, 0.5) is 14.5 Å². The van der Waals surface area contributed by atoms with Crippen molar-refractivity contribution in [3.8, 4) is 16.9 Å². The van der Waals surface area contributed by atoms with Crippen molar-refractivity contribution >= 4 is 45.0 Å². The largest absolute Gasteiger partial charge is 0.497 e. The molecule has 2 amide bonds. The first-order valence-corrected chi connectivity index (χ1v) is 12.0. The van der Waals surface area contributed by atoms with E-state index in [2.05, 4.69) is 21.2 Å². The van der Waals surface area contributed by atoms with Gasteiger partial charge in [0, 0.05) is 27.0 Å². The van der Waals surface area contributed by atoms with Crippen molar-refractivity contribution in [2.24, 2.45) is 0 Å². The zero-order valence-corrected chi connectivity index (χ0v) is 21.1. The van der Waals surface area contributed by atoms with Crippen LogP contribution in [0.25, 0.3) is 11.1 Å². The third-order valence-electron chi connectivity index (χ3n) is 5.82. The maximum absolute atomic E-state index is 15.3. The first-order valence-electron chi connectivity index (χ1n) is 10.9. The number of halogens is 4. The Morgan fingerprint density at radius 1 is 1.14 bits per heavy atom. The summed E-state index contributed by atoms with van der Waals surface area (Å²) in [5.41, 5.74) is 1.29. The summed E-state index contributed by atoms with van der Waals surface area (Å²) in [4.78, 5) is 27.3. The minimum absolute atomic E-state index is 0.0390. The van der Waals surface area contributed by atoms with E-state index in [1.807, 2.05) is 0 Å². The fourth-order valence-corrected chi connectivity index (χ4v) is 4.92. The number of ether oxygens (including phenoxy) is 1. The fraction of sp³-hybridized carbons (Fsp3) is 0.231. The number of amides is 2. The molecule has 3 aromatic rings. The number of alkyl halides is 1. The minimum Gasteiger partial charge on any atom is -0.497 e. The predicted octanol–water partition coefficient (Wildman–Crippen LogP) is 6.04. The van der Waals surface area contributed by atoms with Gasteiger partial charge in [-0.3, -0.25) is 9.59 Å². The number of methoxy groups -OCH3 is 1. The highest BCUT2D eigenvalue weighted by Gasteiger charge is 2.40. The fourth-order valence-electron chi connectivity index (χ4n) is 4.16. The van der Waals surface area contributed by atoms with Gasteiger partial charge in [-0.25, -0.2) is 8.78 Å². The van der Waals surface area contributed by atoms with Crippen LogP contribution in [0.5, 0.6) is 5.75 Å². The summed E-state index contributed by atoms with van der Waals surface area (Å²) >= 11 is 9.58. The van der Waals surface area contributed by atoms with Gasteiger partial charge >= 0.3 is 0 Å². The number of anilines is 1. The molecular weight excluding hydrogens is 542 g/mol. The van der Waals surface area contributed by atoms with Crippen molar-refractivity contribution in [2.75, 3.05) is 19.0 Å². The number of rotatable bonds is 6. The maximum atomic E-state index is 15.3. The third-order valence-corrected chi connectivity index (χ3v) is 6.60. The summed E-state index contributed by atoms with van der Waals surface area (Å²) in [6, 6.07) is 15.5. The van der Waals surface area contributed by atoms with Crippen molar-refractivity contribution in [1.82, 2.24) is 4.90 Å². The second-order valence-electron chi connectivity index (χ2n) is 8.21. The van der Waals surface area contributed by atoms with Gasteiger partial charge in [0.1, 0.15) is 18.0 Å². The van der Waals surface area contributed by atoms with E-state index < -0.39 is 29.8 Å². The van der Waals surface area contributed by atoms with Gasteiger partial charge in [-0.15, -0.1) is 0 Å². The molecule has 2 atom stereocenters. The Labute approximate surface area is 215 Å². The molecule has 35 heavy (non-hydrogen) atoms. The molecule has 1 N–H and O–H groups in total. The Hall–Kier alpha value is -2.97. The second-order valence-corrected chi connectivity index (χ2v) is 9.53. The number of nitrogens with zero attached hydrogens (tertiary/aromatic N) is 1. The highest BCUT2D eigenvalue weighted by atomic mass is 79.9. The average Bonchev–Trinajstić information content (AvgIpc) is 3.22. The quantitative estimate of drug-likeness (QED) is 0.398. The summed E-state index contributed by atoms with van der Waals surface area (Å²) < 4.78 is 35.5. The Morgan fingerprint density at radius 3 is 2.63 bits per heavy atom. The highest BCUT2D eigenvalue weighted by Crippen LogP contribution is 2.33. The standard InChI is InChI=1S/C26H22BrClF2N2O3/c1-35-18-10-15(9-16(27)12-18)11-24(33)32-14-17(29)13-23(32)26(34)31-22-8-4-6-20(25(22)30)19-5-2-3-7-21(19)28/h2-10,12,17,23H,11,13-14H2,1H3,(H,31,34)/t17-,23+/m1/s1. The topological polar surface area (TPSA) is 58.6 Å². The Bertz CT molecular complexity index is 1270. The maximum Gasteiger partial charge on any atom is 0.247 e. The number of nitrogens with one attached hydrogen (secondary N) is 1. The van der Waals surface area contributed by atoms with Gasteiger partial charge in [-0.1, -0.05) is 57.9 Å². The molecule has 4 rings (SSSR count). The second kappa shape index (κ2) is 10.7. The molecule has 5 nitrogen and oxygen atoms in total. The van der Waals surface area contributed by atoms with Gasteiger partial charge in [0.25, 0.3) is 0 Å². The van der Waals surface area contributed by atoms with Crippen LogP contribution < -0.4 is 10.1 Å². The molecule has 0 aromatic heterocycles. The van der Waals surface area contributed by atoms with E-state index in [4.69, 9.17) is 16.3 Å². The van der Waals surface area contributed by atoms with Crippen LogP contribution in [-0.4, -0.2) is 42.6 Å². The summed E-state index contributed by atoms with van der Waals surface area (Å²) in [7, 11) is 1.52. The van der Waals surface area contributed by atoms with Crippen LogP contribution in [0.1, 0.15) is 12.0 Å². The minimum atomic E-state index is -1.36. The zero-order chi connectivity index (χ0) is 25.1. The van der Waals surface area contributed by atoms with Crippen molar-refractivity contribution < 1.29 is 23.1 Å². The summed E-state index contributed by atoms with van der Waals surface area (Å²) in [5, 5.41) is 2.90. The molecule has 1 aliphatic heterocycles. The first kappa shape index (κ1) is 25.1. The molecule has 1 fully saturated rings. The lowest BCUT2D eigenvalue weighted by molar-refractivity contribution is -0.136. The van der Waals surface area contributed by atoms with Gasteiger partial charge in [0.05, 0.1) is 25.8 Å². The van der Waals surface area contributed by atoms with Crippen LogP contribution in [-0.2, 0) is 16.0 Å². The van der Waals surface area contributed by atoms with Crippen LogP contribution in [0.15, 0.2) is 65.1 Å². The Kier molecular flexibility index (Phi) is 7.72. The first-order chi connectivity index (χ1) is 16.8. The number of hydrogen-bond acceptors (Lipinski definition) is 3. The molecule has 182 valence electrons. The Balaban J connectivity index is 1.53. The van der Waals surface area contributed by atoms with Gasteiger partial charge in [0.2, 0.25) is 11.8 Å². The van der Waals surface area contributed by atoms with Crippen LogP contribution in [0, 0.1) is 5.82 Å². The Morgan fingerprint density at radius 2 is 1.89 bits per heavy atom. The highest BCUT2D eigenvalue weighted by molar-refractivity contribution is 9.10. The molecule has 1 saturated heterocycles. The van der Waals surface area contributed by atoms with E-state index in [1.165, 1.54) is 18.1 Å². The smallest absolute Gasteiger partial charge is 0.247 e. The molecular formula is C26H22BrClF2N2O3. The molecule has 0 spiro atoms.